The van der Waals surface area contributed by atoms with Gasteiger partial charge in [0.15, 0.2) is 11.6 Å². The molecular weight excluding hydrogens is 238 g/mol. The van der Waals surface area contributed by atoms with E-state index in [1.54, 1.807) is 0 Å². The van der Waals surface area contributed by atoms with Crippen LogP contribution in [-0.4, -0.2) is 31.1 Å². The minimum atomic E-state index is -0.949. The lowest BCUT2D eigenvalue weighted by Gasteiger charge is -2.32. The average Bonchev–Trinajstić information content (AvgIpc) is 2.34. The van der Waals surface area contributed by atoms with Crippen LogP contribution in [0.3, 0.4) is 0 Å². The third-order valence-corrected chi connectivity index (χ3v) is 3.41. The van der Waals surface area contributed by atoms with Crippen LogP contribution in [0.4, 0.5) is 14.5 Å². The lowest BCUT2D eigenvalue weighted by atomic mass is 10.0. The summed E-state index contributed by atoms with van der Waals surface area (Å²) in [5, 5.41) is 0. The quantitative estimate of drug-likeness (QED) is 0.844. The summed E-state index contributed by atoms with van der Waals surface area (Å²) in [7, 11) is 2.04. The molecule has 1 saturated heterocycles. The first kappa shape index (κ1) is 13.1. The summed E-state index contributed by atoms with van der Waals surface area (Å²) in [6.07, 6.45) is 3.42. The zero-order chi connectivity index (χ0) is 13.1. The molecule has 1 heterocycles. The van der Waals surface area contributed by atoms with E-state index in [9.17, 15) is 8.78 Å². The van der Waals surface area contributed by atoms with Crippen molar-refractivity contribution < 1.29 is 13.5 Å². The van der Waals surface area contributed by atoms with E-state index >= 15 is 0 Å². The standard InChI is InChI=1S/C13H18F2N2O/c1-17-5-3-2-4-9(17)8-18-13-7-11(15)10(14)6-12(13)16/h6-7,9H,2-5,8,16H2,1H3. The molecule has 2 rings (SSSR count). The maximum atomic E-state index is 13.1. The second kappa shape index (κ2) is 5.52. The first-order valence-electron chi connectivity index (χ1n) is 6.15. The molecule has 0 saturated carbocycles. The molecule has 1 aliphatic heterocycles. The highest BCUT2D eigenvalue weighted by molar-refractivity contribution is 5.52. The molecule has 0 spiro atoms. The number of nitrogen functional groups attached to an aromatic ring is 1. The molecule has 1 aromatic rings. The van der Waals surface area contributed by atoms with Crippen molar-refractivity contribution in [1.82, 2.24) is 4.90 Å². The number of nitrogens with two attached hydrogens (primary N) is 1. The van der Waals surface area contributed by atoms with Gasteiger partial charge in [-0.15, -0.1) is 0 Å². The third-order valence-electron chi connectivity index (χ3n) is 3.41. The second-order valence-electron chi connectivity index (χ2n) is 4.75. The Hall–Kier alpha value is -1.36. The second-order valence-corrected chi connectivity index (χ2v) is 4.75. The average molecular weight is 256 g/mol. The van der Waals surface area contributed by atoms with Crippen molar-refractivity contribution in [1.29, 1.82) is 0 Å². The summed E-state index contributed by atoms with van der Waals surface area (Å²) in [6.45, 7) is 1.49. The van der Waals surface area contributed by atoms with Crippen LogP contribution in [0.25, 0.3) is 0 Å². The highest BCUT2D eigenvalue weighted by Crippen LogP contribution is 2.25. The monoisotopic (exact) mass is 256 g/mol. The predicted octanol–water partition coefficient (Wildman–Crippen LogP) is 2.41. The number of halogens is 2. The minimum Gasteiger partial charge on any atom is -0.490 e. The SMILES string of the molecule is CN1CCCCC1COc1cc(F)c(F)cc1N. The molecule has 100 valence electrons. The van der Waals surface area contributed by atoms with Gasteiger partial charge < -0.3 is 15.4 Å². The van der Waals surface area contributed by atoms with Crippen molar-refractivity contribution in [3.8, 4) is 5.75 Å². The maximum absolute atomic E-state index is 13.1. The molecule has 1 aliphatic rings. The zero-order valence-electron chi connectivity index (χ0n) is 10.5. The molecule has 1 unspecified atom stereocenters. The normalized spacial score (nSPS) is 20.9. The lowest BCUT2D eigenvalue weighted by Crippen LogP contribution is -2.40. The van der Waals surface area contributed by atoms with Crippen LogP contribution in [0, 0.1) is 11.6 Å². The van der Waals surface area contributed by atoms with Gasteiger partial charge in [0.2, 0.25) is 0 Å². The van der Waals surface area contributed by atoms with Crippen LogP contribution >= 0.6 is 0 Å². The van der Waals surface area contributed by atoms with Gasteiger partial charge in [0.05, 0.1) is 5.69 Å². The van der Waals surface area contributed by atoms with E-state index in [1.807, 2.05) is 7.05 Å². The summed E-state index contributed by atoms with van der Waals surface area (Å²) >= 11 is 0. The molecule has 18 heavy (non-hydrogen) atoms. The highest BCUT2D eigenvalue weighted by Gasteiger charge is 2.20. The summed E-state index contributed by atoms with van der Waals surface area (Å²) in [5.41, 5.74) is 5.73. The van der Waals surface area contributed by atoms with E-state index < -0.39 is 11.6 Å². The lowest BCUT2D eigenvalue weighted by molar-refractivity contribution is 0.125. The largest absolute Gasteiger partial charge is 0.490 e. The molecular formula is C13H18F2N2O. The highest BCUT2D eigenvalue weighted by atomic mass is 19.2. The van der Waals surface area contributed by atoms with E-state index in [2.05, 4.69) is 4.90 Å². The smallest absolute Gasteiger partial charge is 0.162 e. The van der Waals surface area contributed by atoms with Gasteiger partial charge in [0.25, 0.3) is 0 Å². The number of nitrogens with zero attached hydrogens (tertiary/aromatic N) is 1. The van der Waals surface area contributed by atoms with Crippen LogP contribution in [-0.2, 0) is 0 Å². The molecule has 0 aromatic heterocycles. The fraction of sp³-hybridized carbons (Fsp3) is 0.538. The number of likely N-dealkylation sites (tertiary alicyclic amines) is 1. The van der Waals surface area contributed by atoms with Gasteiger partial charge in [0, 0.05) is 18.2 Å². The van der Waals surface area contributed by atoms with Crippen molar-refractivity contribution in [3.63, 3.8) is 0 Å². The van der Waals surface area contributed by atoms with Gasteiger partial charge in [-0.2, -0.15) is 0 Å². The number of likely N-dealkylation sites (N-methyl/N-ethyl adjacent to an activating group) is 1. The Morgan fingerprint density at radius 3 is 2.78 bits per heavy atom. The van der Waals surface area contributed by atoms with E-state index in [4.69, 9.17) is 10.5 Å². The minimum absolute atomic E-state index is 0.132. The number of rotatable bonds is 3. The van der Waals surface area contributed by atoms with Crippen molar-refractivity contribution >= 4 is 5.69 Å². The molecule has 0 amide bonds. The van der Waals surface area contributed by atoms with Gasteiger partial charge in [-0.25, -0.2) is 8.78 Å². The number of ether oxygens (including phenoxy) is 1. The Bertz CT molecular complexity index is 426. The molecule has 5 heteroatoms. The van der Waals surface area contributed by atoms with Crippen LogP contribution < -0.4 is 10.5 Å². The van der Waals surface area contributed by atoms with Crippen molar-refractivity contribution in [2.45, 2.75) is 25.3 Å². The summed E-state index contributed by atoms with van der Waals surface area (Å²) in [6, 6.07) is 2.27. The topological polar surface area (TPSA) is 38.5 Å². The molecule has 1 atom stereocenters. The van der Waals surface area contributed by atoms with Gasteiger partial charge in [0.1, 0.15) is 12.4 Å². The number of anilines is 1. The Balaban J connectivity index is 1.99. The molecule has 3 nitrogen and oxygen atoms in total. The summed E-state index contributed by atoms with van der Waals surface area (Å²) < 4.78 is 31.5. The van der Waals surface area contributed by atoms with E-state index in [-0.39, 0.29) is 11.4 Å². The van der Waals surface area contributed by atoms with Gasteiger partial charge >= 0.3 is 0 Å². The number of benzene rings is 1. The molecule has 1 aromatic carbocycles. The predicted molar refractivity (Wildman–Crippen MR) is 66.5 cm³/mol. The first-order valence-corrected chi connectivity index (χ1v) is 6.15. The van der Waals surface area contributed by atoms with E-state index in [0.29, 0.717) is 12.6 Å². The van der Waals surface area contributed by atoms with Crippen LogP contribution in [0.5, 0.6) is 5.75 Å². The summed E-state index contributed by atoms with van der Waals surface area (Å²) in [5.74, 6) is -1.67. The molecule has 1 fully saturated rings. The first-order chi connectivity index (χ1) is 8.58. The molecule has 0 radical (unpaired) electrons. The van der Waals surface area contributed by atoms with Crippen molar-refractivity contribution in [2.75, 3.05) is 25.9 Å². The molecule has 0 aliphatic carbocycles. The summed E-state index contributed by atoms with van der Waals surface area (Å²) in [4.78, 5) is 2.22. The van der Waals surface area contributed by atoms with E-state index in [0.717, 1.165) is 25.1 Å². The van der Waals surface area contributed by atoms with Crippen LogP contribution in [0.2, 0.25) is 0 Å². The Morgan fingerprint density at radius 1 is 1.33 bits per heavy atom. The maximum Gasteiger partial charge on any atom is 0.162 e. The fourth-order valence-electron chi connectivity index (χ4n) is 2.21. The van der Waals surface area contributed by atoms with E-state index in [1.165, 1.54) is 12.8 Å². The Morgan fingerprint density at radius 2 is 2.06 bits per heavy atom. The Labute approximate surface area is 106 Å². The van der Waals surface area contributed by atoms with Gasteiger partial charge in [-0.05, 0) is 26.4 Å². The van der Waals surface area contributed by atoms with Crippen molar-refractivity contribution in [2.24, 2.45) is 0 Å². The third kappa shape index (κ3) is 2.90. The van der Waals surface area contributed by atoms with Crippen LogP contribution in [0.15, 0.2) is 12.1 Å². The molecule has 0 bridgehead atoms. The van der Waals surface area contributed by atoms with Gasteiger partial charge in [-0.1, -0.05) is 6.42 Å². The number of hydrogen-bond acceptors (Lipinski definition) is 3. The van der Waals surface area contributed by atoms with Crippen molar-refractivity contribution in [3.05, 3.63) is 23.8 Å². The fourth-order valence-corrected chi connectivity index (χ4v) is 2.21. The van der Waals surface area contributed by atoms with Gasteiger partial charge in [-0.3, -0.25) is 0 Å². The zero-order valence-corrected chi connectivity index (χ0v) is 10.5. The van der Waals surface area contributed by atoms with Crippen LogP contribution in [0.1, 0.15) is 19.3 Å². The molecule has 2 N–H and O–H groups in total. The Kier molecular flexibility index (Phi) is 4.01. The number of piperidine rings is 1. The number of hydrogen-bond donors (Lipinski definition) is 1.